The molecule has 0 fully saturated rings. The van der Waals surface area contributed by atoms with Gasteiger partial charge >= 0.3 is 0 Å². The maximum atomic E-state index is 13.9. The predicted octanol–water partition coefficient (Wildman–Crippen LogP) is 4.25. The molecule has 0 amide bonds. The van der Waals surface area contributed by atoms with E-state index in [1.807, 2.05) is 39.0 Å². The van der Waals surface area contributed by atoms with Crippen molar-refractivity contribution in [1.82, 2.24) is 0 Å². The minimum atomic E-state index is -0.393. The highest BCUT2D eigenvalue weighted by Crippen LogP contribution is 2.29. The van der Waals surface area contributed by atoms with Crippen LogP contribution in [0.25, 0.3) is 0 Å². The monoisotopic (exact) mass is 259 g/mol. The van der Waals surface area contributed by atoms with Crippen LogP contribution in [0, 0.1) is 19.7 Å². The average Bonchev–Trinajstić information content (AvgIpc) is 2.37. The van der Waals surface area contributed by atoms with Crippen LogP contribution in [0.5, 0.6) is 11.5 Å². The molecular formula is C16H18FNO. The molecule has 100 valence electrons. The molecule has 2 N–H and O–H groups in total. The van der Waals surface area contributed by atoms with Crippen LogP contribution in [-0.4, -0.2) is 0 Å². The van der Waals surface area contributed by atoms with Crippen molar-refractivity contribution in [1.29, 1.82) is 0 Å². The number of ether oxygens (including phenoxy) is 1. The molecule has 0 aliphatic heterocycles. The average molecular weight is 259 g/mol. The lowest BCUT2D eigenvalue weighted by Crippen LogP contribution is -2.05. The van der Waals surface area contributed by atoms with E-state index in [2.05, 4.69) is 0 Å². The molecule has 0 bridgehead atoms. The number of hydrogen-bond donors (Lipinski definition) is 1. The van der Waals surface area contributed by atoms with E-state index in [1.165, 1.54) is 6.07 Å². The van der Waals surface area contributed by atoms with E-state index in [0.29, 0.717) is 5.75 Å². The fourth-order valence-corrected chi connectivity index (χ4v) is 1.84. The van der Waals surface area contributed by atoms with Crippen molar-refractivity contribution < 1.29 is 9.13 Å². The number of halogens is 1. The second kappa shape index (κ2) is 5.41. The predicted molar refractivity (Wildman–Crippen MR) is 75.0 cm³/mol. The van der Waals surface area contributed by atoms with Gasteiger partial charge in [0.15, 0.2) is 11.6 Å². The van der Waals surface area contributed by atoms with Crippen molar-refractivity contribution in [2.45, 2.75) is 26.8 Å². The quantitative estimate of drug-likeness (QED) is 0.894. The van der Waals surface area contributed by atoms with Crippen LogP contribution in [-0.2, 0) is 0 Å². The van der Waals surface area contributed by atoms with E-state index < -0.39 is 5.82 Å². The highest BCUT2D eigenvalue weighted by atomic mass is 19.1. The molecular weight excluding hydrogens is 241 g/mol. The summed E-state index contributed by atoms with van der Waals surface area (Å²) in [6.07, 6.45) is 0. The Hall–Kier alpha value is -1.87. The molecule has 1 atom stereocenters. The third-order valence-electron chi connectivity index (χ3n) is 3.26. The maximum absolute atomic E-state index is 13.9. The van der Waals surface area contributed by atoms with Crippen LogP contribution in [0.3, 0.4) is 0 Å². The van der Waals surface area contributed by atoms with Crippen LogP contribution < -0.4 is 10.5 Å². The van der Waals surface area contributed by atoms with Gasteiger partial charge in [-0.3, -0.25) is 0 Å². The van der Waals surface area contributed by atoms with Crippen LogP contribution in [0.15, 0.2) is 36.4 Å². The third kappa shape index (κ3) is 2.93. The van der Waals surface area contributed by atoms with Gasteiger partial charge in [-0.1, -0.05) is 18.2 Å². The molecule has 2 aromatic carbocycles. The number of nitrogens with two attached hydrogens (primary N) is 1. The van der Waals surface area contributed by atoms with Gasteiger partial charge in [0.25, 0.3) is 0 Å². The normalized spacial score (nSPS) is 12.3. The molecule has 0 aromatic heterocycles. The Morgan fingerprint density at radius 3 is 2.47 bits per heavy atom. The Labute approximate surface area is 113 Å². The molecule has 0 aliphatic carbocycles. The van der Waals surface area contributed by atoms with Crippen molar-refractivity contribution in [2.24, 2.45) is 5.73 Å². The van der Waals surface area contributed by atoms with Gasteiger partial charge < -0.3 is 10.5 Å². The van der Waals surface area contributed by atoms with Gasteiger partial charge in [0.1, 0.15) is 5.75 Å². The number of aryl methyl sites for hydroxylation is 1. The van der Waals surface area contributed by atoms with E-state index in [1.54, 1.807) is 12.1 Å². The van der Waals surface area contributed by atoms with E-state index in [0.717, 1.165) is 16.7 Å². The highest BCUT2D eigenvalue weighted by Gasteiger charge is 2.10. The van der Waals surface area contributed by atoms with Crippen molar-refractivity contribution in [2.75, 3.05) is 0 Å². The molecule has 3 heteroatoms. The van der Waals surface area contributed by atoms with Gasteiger partial charge in [-0.25, -0.2) is 4.39 Å². The van der Waals surface area contributed by atoms with Crippen LogP contribution in [0.1, 0.15) is 29.7 Å². The first-order valence-electron chi connectivity index (χ1n) is 6.28. The fraction of sp³-hybridized carbons (Fsp3) is 0.250. The maximum Gasteiger partial charge on any atom is 0.166 e. The van der Waals surface area contributed by atoms with Gasteiger partial charge in [-0.05, 0) is 55.7 Å². The first-order chi connectivity index (χ1) is 8.99. The molecule has 0 unspecified atom stereocenters. The molecule has 2 nitrogen and oxygen atoms in total. The molecule has 0 saturated heterocycles. The molecule has 0 spiro atoms. The zero-order valence-corrected chi connectivity index (χ0v) is 11.4. The SMILES string of the molecule is Cc1cccc(Oc2ccc([C@@H](C)N)cc2F)c1C. The molecule has 2 aromatic rings. The van der Waals surface area contributed by atoms with E-state index in [9.17, 15) is 4.39 Å². The van der Waals surface area contributed by atoms with Crippen LogP contribution in [0.4, 0.5) is 4.39 Å². The Bertz CT molecular complexity index is 593. The molecule has 0 saturated carbocycles. The highest BCUT2D eigenvalue weighted by molar-refractivity contribution is 5.42. The second-order valence-corrected chi connectivity index (χ2v) is 4.78. The van der Waals surface area contributed by atoms with Crippen molar-refractivity contribution in [3.05, 3.63) is 58.9 Å². The molecule has 19 heavy (non-hydrogen) atoms. The Morgan fingerprint density at radius 1 is 1.11 bits per heavy atom. The van der Waals surface area contributed by atoms with E-state index in [4.69, 9.17) is 10.5 Å². The summed E-state index contributed by atoms with van der Waals surface area (Å²) in [7, 11) is 0. The van der Waals surface area contributed by atoms with Gasteiger partial charge in [0.2, 0.25) is 0 Å². The minimum Gasteiger partial charge on any atom is -0.454 e. The topological polar surface area (TPSA) is 35.2 Å². The third-order valence-corrected chi connectivity index (χ3v) is 3.26. The van der Waals surface area contributed by atoms with Crippen molar-refractivity contribution in [3.63, 3.8) is 0 Å². The lowest BCUT2D eigenvalue weighted by atomic mass is 10.1. The van der Waals surface area contributed by atoms with Gasteiger partial charge in [-0.15, -0.1) is 0 Å². The summed E-state index contributed by atoms with van der Waals surface area (Å²) in [4.78, 5) is 0. The Kier molecular flexibility index (Phi) is 3.86. The first-order valence-corrected chi connectivity index (χ1v) is 6.28. The number of hydrogen-bond acceptors (Lipinski definition) is 2. The lowest BCUT2D eigenvalue weighted by Gasteiger charge is -2.12. The first kappa shape index (κ1) is 13.6. The second-order valence-electron chi connectivity index (χ2n) is 4.78. The molecule has 0 heterocycles. The summed E-state index contributed by atoms with van der Waals surface area (Å²) < 4.78 is 19.6. The molecule has 2 rings (SSSR count). The Balaban J connectivity index is 2.31. The van der Waals surface area contributed by atoms with Crippen LogP contribution >= 0.6 is 0 Å². The summed E-state index contributed by atoms with van der Waals surface area (Å²) in [5.41, 5.74) is 8.61. The standard InChI is InChI=1S/C16H18FNO/c1-10-5-4-6-15(11(10)2)19-16-8-7-13(12(3)18)9-14(16)17/h4-9,12H,18H2,1-3H3/t12-/m1/s1. The lowest BCUT2D eigenvalue weighted by molar-refractivity contribution is 0.438. The zero-order chi connectivity index (χ0) is 14.0. The largest absolute Gasteiger partial charge is 0.454 e. The molecule has 0 aliphatic rings. The minimum absolute atomic E-state index is 0.191. The van der Waals surface area contributed by atoms with Crippen molar-refractivity contribution >= 4 is 0 Å². The smallest absolute Gasteiger partial charge is 0.166 e. The summed E-state index contributed by atoms with van der Waals surface area (Å²) >= 11 is 0. The van der Waals surface area contributed by atoms with E-state index in [-0.39, 0.29) is 11.8 Å². The molecule has 0 radical (unpaired) electrons. The van der Waals surface area contributed by atoms with Gasteiger partial charge in [0.05, 0.1) is 0 Å². The zero-order valence-electron chi connectivity index (χ0n) is 11.4. The summed E-state index contributed by atoms with van der Waals surface area (Å²) in [6, 6.07) is 10.4. The number of benzene rings is 2. The van der Waals surface area contributed by atoms with Crippen LogP contribution in [0.2, 0.25) is 0 Å². The summed E-state index contributed by atoms with van der Waals surface area (Å²) in [5, 5.41) is 0. The number of rotatable bonds is 3. The van der Waals surface area contributed by atoms with E-state index >= 15 is 0 Å². The van der Waals surface area contributed by atoms with Crippen molar-refractivity contribution in [3.8, 4) is 11.5 Å². The van der Waals surface area contributed by atoms with Gasteiger partial charge in [0, 0.05) is 6.04 Å². The fourth-order valence-electron chi connectivity index (χ4n) is 1.84. The summed E-state index contributed by atoms with van der Waals surface area (Å²) in [6.45, 7) is 5.77. The Morgan fingerprint density at radius 2 is 1.84 bits per heavy atom. The summed E-state index contributed by atoms with van der Waals surface area (Å²) in [5.74, 6) is 0.501. The van der Waals surface area contributed by atoms with Gasteiger partial charge in [-0.2, -0.15) is 0 Å².